The average Bonchev–Trinajstić information content (AvgIpc) is 2.67. The summed E-state index contributed by atoms with van der Waals surface area (Å²) in [6, 6.07) is 3.72. The van der Waals surface area contributed by atoms with Crippen LogP contribution >= 0.6 is 0 Å². The van der Waals surface area contributed by atoms with Gasteiger partial charge in [0.1, 0.15) is 5.56 Å². The zero-order valence-electron chi connectivity index (χ0n) is 14.7. The molecule has 1 heterocycles. The van der Waals surface area contributed by atoms with Gasteiger partial charge in [0.25, 0.3) is 11.6 Å². The van der Waals surface area contributed by atoms with Crippen molar-refractivity contribution in [2.45, 2.75) is 13.0 Å². The lowest BCUT2D eigenvalue weighted by molar-refractivity contribution is -0.385. The third-order valence-corrected chi connectivity index (χ3v) is 3.37. The third-order valence-electron chi connectivity index (χ3n) is 3.37. The Hall–Kier alpha value is -3.76. The molecule has 2 aromatic rings. The van der Waals surface area contributed by atoms with E-state index in [4.69, 9.17) is 14.2 Å². The lowest BCUT2D eigenvalue weighted by Crippen LogP contribution is -2.30. The first-order valence-electron chi connectivity index (χ1n) is 7.56. The van der Waals surface area contributed by atoms with Gasteiger partial charge < -0.3 is 14.2 Å². The van der Waals surface area contributed by atoms with E-state index < -0.39 is 28.6 Å². The van der Waals surface area contributed by atoms with E-state index in [2.05, 4.69) is 15.3 Å². The second-order valence-electron chi connectivity index (χ2n) is 5.09. The maximum absolute atomic E-state index is 12.4. The molecule has 1 aromatic carbocycles. The van der Waals surface area contributed by atoms with Crippen LogP contribution in [0.2, 0.25) is 0 Å². The SMILES string of the molecule is COc1cc(C(=O)OC(C)C(=O)Nc2ncccn2)c([N+](=O)[O-])cc1OC. The van der Waals surface area contributed by atoms with Gasteiger partial charge in [0.05, 0.1) is 25.2 Å². The Bertz CT molecular complexity index is 857. The van der Waals surface area contributed by atoms with E-state index in [1.165, 1.54) is 33.5 Å². The number of nitro benzene ring substituents is 1. The van der Waals surface area contributed by atoms with E-state index in [-0.39, 0.29) is 23.0 Å². The molecule has 11 heteroatoms. The molecule has 0 bridgehead atoms. The largest absolute Gasteiger partial charge is 0.493 e. The smallest absolute Gasteiger partial charge is 0.346 e. The molecule has 11 nitrogen and oxygen atoms in total. The van der Waals surface area contributed by atoms with Gasteiger partial charge in [0, 0.05) is 18.5 Å². The predicted molar refractivity (Wildman–Crippen MR) is 91.7 cm³/mol. The number of nitro groups is 1. The number of amides is 1. The Morgan fingerprint density at radius 3 is 2.30 bits per heavy atom. The molecular formula is C16H16N4O7. The molecule has 1 unspecified atom stereocenters. The van der Waals surface area contributed by atoms with Gasteiger partial charge in [0.2, 0.25) is 5.95 Å². The molecule has 0 aliphatic carbocycles. The van der Waals surface area contributed by atoms with Crippen molar-refractivity contribution >= 4 is 23.5 Å². The first kappa shape index (κ1) is 19.6. The van der Waals surface area contributed by atoms with Gasteiger partial charge in [-0.05, 0) is 13.0 Å². The van der Waals surface area contributed by atoms with Crippen LogP contribution in [0, 0.1) is 10.1 Å². The lowest BCUT2D eigenvalue weighted by atomic mass is 10.1. The van der Waals surface area contributed by atoms with E-state index in [1.54, 1.807) is 6.07 Å². The number of esters is 1. The van der Waals surface area contributed by atoms with Gasteiger partial charge in [-0.1, -0.05) is 0 Å². The van der Waals surface area contributed by atoms with Gasteiger partial charge in [-0.2, -0.15) is 0 Å². The predicted octanol–water partition coefficient (Wildman–Crippen LogP) is 1.59. The average molecular weight is 376 g/mol. The lowest BCUT2D eigenvalue weighted by Gasteiger charge is -2.14. The Morgan fingerprint density at radius 2 is 1.74 bits per heavy atom. The molecule has 0 fully saturated rings. The molecule has 1 amide bonds. The van der Waals surface area contributed by atoms with E-state index in [1.807, 2.05) is 0 Å². The minimum atomic E-state index is -1.26. The van der Waals surface area contributed by atoms with Gasteiger partial charge in [-0.25, -0.2) is 14.8 Å². The molecule has 1 atom stereocenters. The highest BCUT2D eigenvalue weighted by Crippen LogP contribution is 2.34. The number of carbonyl (C=O) groups is 2. The molecule has 0 spiro atoms. The van der Waals surface area contributed by atoms with E-state index >= 15 is 0 Å². The Kier molecular flexibility index (Phi) is 6.20. The molecule has 0 saturated carbocycles. The number of methoxy groups -OCH3 is 2. The molecule has 0 aliphatic rings. The molecular weight excluding hydrogens is 360 g/mol. The third kappa shape index (κ3) is 4.66. The van der Waals surface area contributed by atoms with Gasteiger partial charge >= 0.3 is 5.97 Å². The number of anilines is 1. The second-order valence-corrected chi connectivity index (χ2v) is 5.09. The normalized spacial score (nSPS) is 11.2. The van der Waals surface area contributed by atoms with Gasteiger partial charge in [-0.15, -0.1) is 0 Å². The number of nitrogens with zero attached hydrogens (tertiary/aromatic N) is 3. The maximum atomic E-state index is 12.4. The van der Waals surface area contributed by atoms with Crippen LogP contribution in [-0.4, -0.2) is 47.1 Å². The number of ether oxygens (including phenoxy) is 3. The minimum absolute atomic E-state index is 0.0301. The number of benzene rings is 1. The first-order valence-corrected chi connectivity index (χ1v) is 7.56. The molecule has 1 aromatic heterocycles. The van der Waals surface area contributed by atoms with Crippen LogP contribution in [0.3, 0.4) is 0 Å². The summed E-state index contributed by atoms with van der Waals surface area (Å²) in [4.78, 5) is 42.6. The molecule has 27 heavy (non-hydrogen) atoms. The second kappa shape index (κ2) is 8.56. The van der Waals surface area contributed by atoms with Crippen LogP contribution < -0.4 is 14.8 Å². The standard InChI is InChI=1S/C16H16N4O7/c1-9(14(21)19-16-17-5-4-6-18-16)27-15(22)10-7-12(25-2)13(26-3)8-11(10)20(23)24/h4-9H,1-3H3,(H,17,18,19,21). The summed E-state index contributed by atoms with van der Waals surface area (Å²) in [5, 5.41) is 13.6. The number of nitrogens with one attached hydrogen (secondary N) is 1. The molecule has 142 valence electrons. The van der Waals surface area contributed by atoms with Crippen molar-refractivity contribution in [2.24, 2.45) is 0 Å². The van der Waals surface area contributed by atoms with Gasteiger partial charge in [-0.3, -0.25) is 20.2 Å². The first-order chi connectivity index (χ1) is 12.9. The van der Waals surface area contributed by atoms with Crippen molar-refractivity contribution in [2.75, 3.05) is 19.5 Å². The Labute approximate surface area is 153 Å². The zero-order valence-corrected chi connectivity index (χ0v) is 14.7. The van der Waals surface area contributed by atoms with Crippen LogP contribution in [0.4, 0.5) is 11.6 Å². The fourth-order valence-electron chi connectivity index (χ4n) is 2.04. The van der Waals surface area contributed by atoms with Crippen molar-refractivity contribution in [3.05, 3.63) is 46.3 Å². The van der Waals surface area contributed by atoms with E-state index in [0.717, 1.165) is 12.1 Å². The molecule has 2 rings (SSSR count). The highest BCUT2D eigenvalue weighted by Gasteiger charge is 2.28. The quantitative estimate of drug-likeness (QED) is 0.433. The molecule has 0 saturated heterocycles. The van der Waals surface area contributed by atoms with Crippen LogP contribution in [0.15, 0.2) is 30.6 Å². The Balaban J connectivity index is 2.21. The molecule has 0 aliphatic heterocycles. The van der Waals surface area contributed by atoms with Gasteiger partial charge in [0.15, 0.2) is 17.6 Å². The van der Waals surface area contributed by atoms with E-state index in [9.17, 15) is 19.7 Å². The van der Waals surface area contributed by atoms with Crippen LogP contribution in [-0.2, 0) is 9.53 Å². The number of aromatic nitrogens is 2. The highest BCUT2D eigenvalue weighted by atomic mass is 16.6. The van der Waals surface area contributed by atoms with Crippen LogP contribution in [0.1, 0.15) is 17.3 Å². The number of hydrogen-bond donors (Lipinski definition) is 1. The molecule has 1 N–H and O–H groups in total. The monoisotopic (exact) mass is 376 g/mol. The summed E-state index contributed by atoms with van der Waals surface area (Å²) in [6.45, 7) is 1.31. The fourth-order valence-corrected chi connectivity index (χ4v) is 2.04. The van der Waals surface area contributed by atoms with Crippen LogP contribution in [0.5, 0.6) is 11.5 Å². The number of carbonyl (C=O) groups excluding carboxylic acids is 2. The minimum Gasteiger partial charge on any atom is -0.493 e. The summed E-state index contributed by atoms with van der Waals surface area (Å²) < 4.78 is 15.1. The van der Waals surface area contributed by atoms with Crippen LogP contribution in [0.25, 0.3) is 0 Å². The van der Waals surface area contributed by atoms with E-state index in [0.29, 0.717) is 0 Å². The maximum Gasteiger partial charge on any atom is 0.346 e. The zero-order chi connectivity index (χ0) is 20.0. The summed E-state index contributed by atoms with van der Waals surface area (Å²) in [5.74, 6) is -1.56. The van der Waals surface area contributed by atoms with Crippen molar-refractivity contribution in [1.82, 2.24) is 9.97 Å². The molecule has 0 radical (unpaired) electrons. The number of hydrogen-bond acceptors (Lipinski definition) is 9. The van der Waals surface area contributed by atoms with Crippen molar-refractivity contribution in [1.29, 1.82) is 0 Å². The van der Waals surface area contributed by atoms with Crippen molar-refractivity contribution in [3.8, 4) is 11.5 Å². The fraction of sp³-hybridized carbons (Fsp3) is 0.250. The summed E-state index contributed by atoms with van der Waals surface area (Å²) >= 11 is 0. The summed E-state index contributed by atoms with van der Waals surface area (Å²) in [6.07, 6.45) is 1.59. The highest BCUT2D eigenvalue weighted by molar-refractivity contribution is 5.98. The number of rotatable bonds is 7. The summed E-state index contributed by atoms with van der Waals surface area (Å²) in [5.41, 5.74) is -0.926. The van der Waals surface area contributed by atoms with Crippen molar-refractivity contribution < 1.29 is 28.7 Å². The Morgan fingerprint density at radius 1 is 1.15 bits per heavy atom. The summed E-state index contributed by atoms with van der Waals surface area (Å²) in [7, 11) is 2.62. The van der Waals surface area contributed by atoms with Crippen molar-refractivity contribution in [3.63, 3.8) is 0 Å². The topological polar surface area (TPSA) is 143 Å².